The van der Waals surface area contributed by atoms with E-state index in [1.165, 1.54) is 16.1 Å². The van der Waals surface area contributed by atoms with Crippen LogP contribution in [0.2, 0.25) is 0 Å². The molecule has 36 heavy (non-hydrogen) atoms. The van der Waals surface area contributed by atoms with Crippen LogP contribution >= 0.6 is 0 Å². The monoisotopic (exact) mass is 478 g/mol. The first kappa shape index (κ1) is 22.0. The van der Waals surface area contributed by atoms with E-state index in [1.54, 1.807) is 13.0 Å². The minimum Gasteiger partial charge on any atom is -0.505 e. The second-order valence-corrected chi connectivity index (χ2v) is 9.12. The third-order valence-electron chi connectivity index (χ3n) is 6.78. The Morgan fingerprint density at radius 3 is 2.64 bits per heavy atom. The van der Waals surface area contributed by atoms with Gasteiger partial charge in [0.15, 0.2) is 5.71 Å². The van der Waals surface area contributed by atoms with Crippen LogP contribution in [-0.2, 0) is 17.6 Å². The summed E-state index contributed by atoms with van der Waals surface area (Å²) in [6.07, 6.45) is 3.26. The smallest absolute Gasteiger partial charge is 0.301 e. The van der Waals surface area contributed by atoms with Crippen LogP contribution in [0.1, 0.15) is 30.0 Å². The quantitative estimate of drug-likeness (QED) is 0.380. The van der Waals surface area contributed by atoms with Gasteiger partial charge in [-0.25, -0.2) is 0 Å². The van der Waals surface area contributed by atoms with Crippen LogP contribution in [0.15, 0.2) is 75.9 Å². The molecule has 8 nitrogen and oxygen atoms in total. The van der Waals surface area contributed by atoms with Gasteiger partial charge < -0.3 is 10.4 Å². The molecule has 0 unspecified atom stereocenters. The van der Waals surface area contributed by atoms with Crippen molar-refractivity contribution in [1.82, 2.24) is 5.32 Å². The Labute approximate surface area is 209 Å². The second-order valence-electron chi connectivity index (χ2n) is 9.12. The number of hydrazone groups is 2. The number of carbonyl (C=O) groups excluding carboxylic acids is 1. The lowest BCUT2D eigenvalue weighted by Gasteiger charge is -2.13. The number of amides is 1. The molecule has 3 N–H and O–H groups in total. The fourth-order valence-corrected chi connectivity index (χ4v) is 4.87. The van der Waals surface area contributed by atoms with Gasteiger partial charge in [-0.3, -0.25) is 15.2 Å². The van der Waals surface area contributed by atoms with E-state index in [2.05, 4.69) is 32.0 Å². The first-order valence-corrected chi connectivity index (χ1v) is 12.1. The van der Waals surface area contributed by atoms with Crippen LogP contribution in [0.4, 0.5) is 11.4 Å². The molecule has 0 saturated heterocycles. The highest BCUT2D eigenvalue weighted by atomic mass is 16.3. The Balaban J connectivity index is 1.22. The molecule has 0 radical (unpaired) electrons. The molecule has 0 saturated carbocycles. The molecule has 0 aromatic heterocycles. The number of aliphatic imine (C=N–C) groups is 1. The van der Waals surface area contributed by atoms with E-state index in [9.17, 15) is 9.90 Å². The van der Waals surface area contributed by atoms with Crippen LogP contribution in [0.3, 0.4) is 0 Å². The van der Waals surface area contributed by atoms with Crippen molar-refractivity contribution in [3.63, 3.8) is 0 Å². The van der Waals surface area contributed by atoms with Crippen molar-refractivity contribution in [1.29, 1.82) is 0 Å². The summed E-state index contributed by atoms with van der Waals surface area (Å²) < 4.78 is 0. The molecule has 8 heteroatoms. The van der Waals surface area contributed by atoms with Crippen LogP contribution in [0.5, 0.6) is 5.75 Å². The lowest BCUT2D eigenvalue weighted by molar-refractivity contribution is -0.112. The van der Waals surface area contributed by atoms with Gasteiger partial charge in [0.1, 0.15) is 11.6 Å². The fraction of sp³-hybridized carbons (Fsp3) is 0.214. The van der Waals surface area contributed by atoms with E-state index in [4.69, 9.17) is 0 Å². The summed E-state index contributed by atoms with van der Waals surface area (Å²) in [6, 6.07) is 19.3. The van der Waals surface area contributed by atoms with Crippen LogP contribution in [0, 0.1) is 0 Å². The van der Waals surface area contributed by atoms with Crippen molar-refractivity contribution < 1.29 is 9.90 Å². The lowest BCUT2D eigenvalue weighted by atomic mass is 10.0. The first-order valence-electron chi connectivity index (χ1n) is 12.1. The van der Waals surface area contributed by atoms with E-state index in [0.29, 0.717) is 17.0 Å². The summed E-state index contributed by atoms with van der Waals surface area (Å²) in [5.74, 6) is 0.651. The van der Waals surface area contributed by atoms with Gasteiger partial charge in [-0.1, -0.05) is 42.5 Å². The van der Waals surface area contributed by atoms with Crippen LogP contribution in [-0.4, -0.2) is 41.4 Å². The number of nitrogens with one attached hydrogen (secondary N) is 2. The molecule has 180 valence electrons. The number of phenolic OH excluding ortho intramolecular Hbond substituents is 1. The van der Waals surface area contributed by atoms with Gasteiger partial charge in [0.2, 0.25) is 0 Å². The van der Waals surface area contributed by atoms with Crippen LogP contribution < -0.4 is 15.8 Å². The molecule has 0 atom stereocenters. The maximum atomic E-state index is 13.1. The third kappa shape index (κ3) is 3.90. The predicted octanol–water partition coefficient (Wildman–Crippen LogP) is 4.09. The number of aromatic hydroxyl groups is 1. The van der Waals surface area contributed by atoms with E-state index >= 15 is 0 Å². The molecule has 1 amide bonds. The second kappa shape index (κ2) is 8.96. The third-order valence-corrected chi connectivity index (χ3v) is 6.78. The number of hydrogen-bond donors (Lipinski definition) is 3. The fourth-order valence-electron chi connectivity index (χ4n) is 4.87. The zero-order valence-corrected chi connectivity index (χ0v) is 20.0. The number of anilines is 2. The van der Waals surface area contributed by atoms with Gasteiger partial charge in [0.25, 0.3) is 0 Å². The van der Waals surface area contributed by atoms with Crippen molar-refractivity contribution in [2.75, 3.05) is 23.5 Å². The van der Waals surface area contributed by atoms with Crippen molar-refractivity contribution in [3.05, 3.63) is 77.4 Å². The molecular formula is C28H26N6O2. The highest BCUT2D eigenvalue weighted by Crippen LogP contribution is 2.36. The summed E-state index contributed by atoms with van der Waals surface area (Å²) in [4.78, 5) is 17.6. The number of rotatable bonds is 5. The normalized spacial score (nSPS) is 17.8. The number of fused-ring (bicyclic) bond motifs is 1. The van der Waals surface area contributed by atoms with Gasteiger partial charge in [-0.05, 0) is 61.1 Å². The van der Waals surface area contributed by atoms with Crippen molar-refractivity contribution in [3.8, 4) is 16.9 Å². The maximum Gasteiger partial charge on any atom is 0.301 e. The van der Waals surface area contributed by atoms with E-state index in [0.717, 1.165) is 55.0 Å². The molecule has 3 aromatic rings. The molecule has 0 bridgehead atoms. The molecule has 0 spiro atoms. The first-order chi connectivity index (χ1) is 17.6. The van der Waals surface area contributed by atoms with Gasteiger partial charge in [-0.15, -0.1) is 0 Å². The number of amidine groups is 1. The van der Waals surface area contributed by atoms with Gasteiger partial charge in [-0.2, -0.15) is 15.2 Å². The summed E-state index contributed by atoms with van der Waals surface area (Å²) >= 11 is 0. The molecule has 2 aliphatic heterocycles. The molecule has 1 aliphatic carbocycles. The summed E-state index contributed by atoms with van der Waals surface area (Å²) in [6.45, 7) is 3.39. The molecule has 3 aliphatic rings. The Kier molecular flexibility index (Phi) is 5.48. The predicted molar refractivity (Wildman–Crippen MR) is 143 cm³/mol. The molecule has 2 heterocycles. The van der Waals surface area contributed by atoms with Crippen molar-refractivity contribution in [2.45, 2.75) is 26.2 Å². The highest BCUT2D eigenvalue weighted by Gasteiger charge is 2.31. The molecule has 6 rings (SSSR count). The van der Waals surface area contributed by atoms with Crippen molar-refractivity contribution >= 4 is 34.5 Å². The topological polar surface area (TPSA) is 102 Å². The van der Waals surface area contributed by atoms with Gasteiger partial charge >= 0.3 is 5.91 Å². The number of aryl methyl sites for hydroxylation is 2. The minimum absolute atomic E-state index is 0.0569. The van der Waals surface area contributed by atoms with E-state index < -0.39 is 0 Å². The van der Waals surface area contributed by atoms with Crippen LogP contribution in [0.25, 0.3) is 11.1 Å². The van der Waals surface area contributed by atoms with E-state index in [-0.39, 0.29) is 17.4 Å². The number of phenols is 1. The number of nitrogens with zero attached hydrogens (tertiary/aromatic N) is 4. The molecule has 0 fully saturated rings. The van der Waals surface area contributed by atoms with Gasteiger partial charge in [0, 0.05) is 17.7 Å². The minimum atomic E-state index is -0.299. The lowest BCUT2D eigenvalue weighted by Crippen LogP contribution is -2.28. The zero-order valence-electron chi connectivity index (χ0n) is 20.0. The summed E-state index contributed by atoms with van der Waals surface area (Å²) in [7, 11) is 0. The van der Waals surface area contributed by atoms with E-state index in [1.807, 2.05) is 48.5 Å². The average molecular weight is 479 g/mol. The standard InChI is InChI=1S/C28H26N6O2/c1-17-25(28(36)34(33-17)22-13-12-18-4-2-5-21(18)16-22)32-31-24-7-3-6-23(26(24)35)19-8-10-20(11-9-19)27-29-14-15-30-27/h3,6-13,16,31,35H,2,4-5,14-15H2,1H3,(H,29,30)/b32-25-. The summed E-state index contributed by atoms with van der Waals surface area (Å²) in [5.41, 5.74) is 9.92. The highest BCUT2D eigenvalue weighted by molar-refractivity contribution is 6.71. The van der Waals surface area contributed by atoms with Crippen molar-refractivity contribution in [2.24, 2.45) is 15.2 Å². The molecular weight excluding hydrogens is 452 g/mol. The Morgan fingerprint density at radius 1 is 1.03 bits per heavy atom. The Morgan fingerprint density at radius 2 is 1.83 bits per heavy atom. The number of carbonyl (C=O) groups is 1. The van der Waals surface area contributed by atoms with Gasteiger partial charge in [0.05, 0.1) is 23.6 Å². The summed E-state index contributed by atoms with van der Waals surface area (Å²) in [5, 5.41) is 24.4. The largest absolute Gasteiger partial charge is 0.505 e. The number of para-hydroxylation sites is 1. The SMILES string of the molecule is CC1=NN(c2ccc3c(c2)CCC3)C(=O)/C1=N\Nc1cccc(-c2ccc(C3=NCCN3)cc2)c1O. The maximum absolute atomic E-state index is 13.1. The number of benzene rings is 3. The zero-order chi connectivity index (χ0) is 24.6. The number of hydrogen-bond acceptors (Lipinski definition) is 7. The Bertz CT molecular complexity index is 1460. The Hall–Kier alpha value is -4.46. The molecule has 3 aromatic carbocycles. The average Bonchev–Trinajstić information content (AvgIpc) is 3.65.